The van der Waals surface area contributed by atoms with E-state index >= 15 is 0 Å². The van der Waals surface area contributed by atoms with E-state index in [-0.39, 0.29) is 25.7 Å². The Labute approximate surface area is 568 Å². The molecule has 19 heteroatoms. The van der Waals surface area contributed by atoms with Crippen LogP contribution < -0.4 is 0 Å². The quantitative estimate of drug-likeness (QED) is 0.0222. The Morgan fingerprint density at radius 2 is 0.548 bits per heavy atom. The van der Waals surface area contributed by atoms with Crippen LogP contribution in [0.3, 0.4) is 0 Å². The van der Waals surface area contributed by atoms with E-state index in [1.165, 1.54) is 199 Å². The van der Waals surface area contributed by atoms with Gasteiger partial charge in [0.1, 0.15) is 19.3 Å². The van der Waals surface area contributed by atoms with E-state index in [1.807, 2.05) is 0 Å². The molecule has 0 rings (SSSR count). The van der Waals surface area contributed by atoms with Gasteiger partial charge < -0.3 is 33.8 Å². The molecule has 0 aliphatic carbocycles. The van der Waals surface area contributed by atoms with E-state index < -0.39 is 97.5 Å². The van der Waals surface area contributed by atoms with Crippen molar-refractivity contribution >= 4 is 39.5 Å². The van der Waals surface area contributed by atoms with Crippen molar-refractivity contribution < 1.29 is 80.2 Å². The van der Waals surface area contributed by atoms with Crippen LogP contribution in [0, 0.1) is 11.8 Å². The van der Waals surface area contributed by atoms with E-state index in [2.05, 4.69) is 41.5 Å². The summed E-state index contributed by atoms with van der Waals surface area (Å²) in [5, 5.41) is 10.6. The van der Waals surface area contributed by atoms with Crippen LogP contribution in [0.25, 0.3) is 0 Å². The summed E-state index contributed by atoms with van der Waals surface area (Å²) < 4.78 is 68.5. The Kier molecular flexibility index (Phi) is 64.6. The van der Waals surface area contributed by atoms with Gasteiger partial charge in [-0.3, -0.25) is 37.3 Å². The average molecular weight is 1370 g/mol. The second kappa shape index (κ2) is 66.0. The van der Waals surface area contributed by atoms with E-state index in [4.69, 9.17) is 37.0 Å². The highest BCUT2D eigenvalue weighted by molar-refractivity contribution is 7.47. The predicted octanol–water partition coefficient (Wildman–Crippen LogP) is 21.6. The molecule has 0 fully saturated rings. The van der Waals surface area contributed by atoms with Crippen LogP contribution >= 0.6 is 15.6 Å². The standard InChI is InChI=1S/C74H144O17P2/c1-7-10-12-14-16-18-20-22-24-26-28-30-38-44-50-56-71(76)84-62-69(90-73(78)58-52-46-40-31-29-27-25-23-21-19-17-15-13-11-8-2)64-88-92(80,81)86-60-68(75)61-87-93(82,83)89-65-70(63-85-72(77)57-51-45-39-34-32-36-42-48-54-66(4)5)91-74(79)59-53-47-41-35-33-37-43-49-55-67(6)9-3/h66-70,75H,7-65H2,1-6H3,(H,80,81)(H,82,83)/t67?,68-,69-,70-/m1/s1. The van der Waals surface area contributed by atoms with Gasteiger partial charge in [-0.2, -0.15) is 0 Å². The lowest BCUT2D eigenvalue weighted by atomic mass is 9.99. The highest BCUT2D eigenvalue weighted by Gasteiger charge is 2.30. The number of hydrogen-bond donors (Lipinski definition) is 3. The average Bonchev–Trinajstić information content (AvgIpc) is 2.53. The van der Waals surface area contributed by atoms with Gasteiger partial charge in [-0.1, -0.05) is 330 Å². The highest BCUT2D eigenvalue weighted by atomic mass is 31.2. The predicted molar refractivity (Wildman–Crippen MR) is 377 cm³/mol. The van der Waals surface area contributed by atoms with Gasteiger partial charge in [-0.15, -0.1) is 0 Å². The fourth-order valence-corrected chi connectivity index (χ4v) is 12.8. The van der Waals surface area contributed by atoms with Crippen molar-refractivity contribution in [2.45, 2.75) is 400 Å². The minimum Gasteiger partial charge on any atom is -0.462 e. The molecule has 0 spiro atoms. The van der Waals surface area contributed by atoms with Crippen LogP contribution in [0.4, 0.5) is 0 Å². The Morgan fingerprint density at radius 3 is 0.817 bits per heavy atom. The minimum atomic E-state index is -4.96. The minimum absolute atomic E-state index is 0.105. The Hall–Kier alpha value is -1.94. The number of carbonyl (C=O) groups excluding carboxylic acids is 4. The number of carbonyl (C=O) groups is 4. The topological polar surface area (TPSA) is 237 Å². The van der Waals surface area contributed by atoms with Crippen LogP contribution in [0.2, 0.25) is 0 Å². The molecule has 0 aromatic rings. The van der Waals surface area contributed by atoms with Crippen LogP contribution in [0.5, 0.6) is 0 Å². The maximum absolute atomic E-state index is 13.1. The largest absolute Gasteiger partial charge is 0.472 e. The summed E-state index contributed by atoms with van der Waals surface area (Å²) in [6.45, 7) is 9.55. The van der Waals surface area contributed by atoms with E-state index in [9.17, 15) is 43.2 Å². The van der Waals surface area contributed by atoms with Gasteiger partial charge in [-0.25, -0.2) is 9.13 Å². The lowest BCUT2D eigenvalue weighted by Gasteiger charge is -2.21. The van der Waals surface area contributed by atoms with Gasteiger partial charge in [0.2, 0.25) is 0 Å². The third kappa shape index (κ3) is 67.0. The molecule has 0 heterocycles. The molecule has 6 atom stereocenters. The summed E-state index contributed by atoms with van der Waals surface area (Å²) >= 11 is 0. The second-order valence-corrected chi connectivity index (χ2v) is 30.3. The van der Waals surface area contributed by atoms with Crippen molar-refractivity contribution in [2.24, 2.45) is 11.8 Å². The van der Waals surface area contributed by atoms with Gasteiger partial charge >= 0.3 is 39.5 Å². The van der Waals surface area contributed by atoms with Gasteiger partial charge in [-0.05, 0) is 37.5 Å². The number of hydrogen-bond acceptors (Lipinski definition) is 15. The van der Waals surface area contributed by atoms with Crippen molar-refractivity contribution in [3.63, 3.8) is 0 Å². The second-order valence-electron chi connectivity index (χ2n) is 27.4. The van der Waals surface area contributed by atoms with Gasteiger partial charge in [0, 0.05) is 25.7 Å². The maximum atomic E-state index is 13.1. The summed E-state index contributed by atoms with van der Waals surface area (Å²) in [5.41, 5.74) is 0. The summed E-state index contributed by atoms with van der Waals surface area (Å²) in [6.07, 6.45) is 52.6. The molecule has 17 nitrogen and oxygen atoms in total. The lowest BCUT2D eigenvalue weighted by molar-refractivity contribution is -0.161. The normalized spacial score (nSPS) is 14.3. The molecule has 0 saturated heterocycles. The lowest BCUT2D eigenvalue weighted by Crippen LogP contribution is -2.30. The summed E-state index contributed by atoms with van der Waals surface area (Å²) in [7, 11) is -9.91. The first kappa shape index (κ1) is 91.1. The summed E-state index contributed by atoms with van der Waals surface area (Å²) in [5.74, 6) is -0.622. The van der Waals surface area contributed by atoms with Crippen molar-refractivity contribution in [1.29, 1.82) is 0 Å². The fraction of sp³-hybridized carbons (Fsp3) is 0.946. The van der Waals surface area contributed by atoms with Gasteiger partial charge in [0.05, 0.1) is 26.4 Å². The molecule has 93 heavy (non-hydrogen) atoms. The number of rotatable bonds is 73. The molecule has 552 valence electrons. The molecule has 0 aliphatic heterocycles. The molecule has 3 unspecified atom stereocenters. The number of phosphoric ester groups is 2. The van der Waals surface area contributed by atoms with Crippen LogP contribution in [-0.4, -0.2) is 96.7 Å². The summed E-state index contributed by atoms with van der Waals surface area (Å²) in [4.78, 5) is 72.7. The zero-order valence-corrected chi connectivity index (χ0v) is 62.3. The van der Waals surface area contributed by atoms with Crippen LogP contribution in [0.1, 0.15) is 382 Å². The molecule has 0 aromatic heterocycles. The van der Waals surface area contributed by atoms with Crippen molar-refractivity contribution in [3.8, 4) is 0 Å². The molecule has 0 amide bonds. The zero-order valence-electron chi connectivity index (χ0n) is 60.6. The monoisotopic (exact) mass is 1370 g/mol. The number of esters is 4. The SMILES string of the molecule is CCCCCCCCCCCCCCCCCC(=O)OC[C@H](COP(=O)(O)OC[C@@H](O)COP(=O)(O)OC[C@@H](COC(=O)CCCCCCCCCCC(C)C)OC(=O)CCCCCCCCCCC(C)CC)OC(=O)CCCCCCCCCCCCCCCCC. The number of aliphatic hydroxyl groups excluding tert-OH is 1. The van der Waals surface area contributed by atoms with E-state index in [1.54, 1.807) is 0 Å². The Bertz CT molecular complexity index is 1810. The van der Waals surface area contributed by atoms with Gasteiger partial charge in [0.15, 0.2) is 12.2 Å². The molecule has 0 radical (unpaired) electrons. The highest BCUT2D eigenvalue weighted by Crippen LogP contribution is 2.45. The number of unbranched alkanes of at least 4 members (excludes halogenated alkanes) is 42. The van der Waals surface area contributed by atoms with Crippen molar-refractivity contribution in [3.05, 3.63) is 0 Å². The zero-order chi connectivity index (χ0) is 68.6. The third-order valence-electron chi connectivity index (χ3n) is 17.6. The third-order valence-corrected chi connectivity index (χ3v) is 19.5. The van der Waals surface area contributed by atoms with Crippen molar-refractivity contribution in [2.75, 3.05) is 39.6 Å². The first-order valence-corrected chi connectivity index (χ1v) is 41.5. The fourth-order valence-electron chi connectivity index (χ4n) is 11.3. The molecule has 3 N–H and O–H groups in total. The molecular weight excluding hydrogens is 1220 g/mol. The molecular formula is C74H144O17P2. The van der Waals surface area contributed by atoms with Crippen LogP contribution in [-0.2, 0) is 65.4 Å². The molecule has 0 aromatic carbocycles. The van der Waals surface area contributed by atoms with Gasteiger partial charge in [0.25, 0.3) is 0 Å². The molecule has 0 saturated carbocycles. The molecule has 0 aliphatic rings. The first-order valence-electron chi connectivity index (χ1n) is 38.5. The maximum Gasteiger partial charge on any atom is 0.472 e. The Balaban J connectivity index is 5.26. The smallest absolute Gasteiger partial charge is 0.462 e. The number of ether oxygens (including phenoxy) is 4. The summed E-state index contributed by atoms with van der Waals surface area (Å²) in [6, 6.07) is 0. The van der Waals surface area contributed by atoms with Crippen molar-refractivity contribution in [1.82, 2.24) is 0 Å². The van der Waals surface area contributed by atoms with Crippen LogP contribution in [0.15, 0.2) is 0 Å². The van der Waals surface area contributed by atoms with E-state index in [0.717, 1.165) is 102 Å². The first-order chi connectivity index (χ1) is 44.9. The van der Waals surface area contributed by atoms with E-state index in [0.29, 0.717) is 25.7 Å². The molecule has 0 bridgehead atoms. The number of aliphatic hydroxyl groups is 1. The Morgan fingerprint density at radius 1 is 0.312 bits per heavy atom. The number of phosphoric acid groups is 2.